The van der Waals surface area contributed by atoms with E-state index in [1.807, 2.05) is 12.1 Å². The number of carbonyl (C=O) groups is 1. The van der Waals surface area contributed by atoms with Crippen molar-refractivity contribution in [2.24, 2.45) is 0 Å². The van der Waals surface area contributed by atoms with Gasteiger partial charge in [-0.3, -0.25) is 4.79 Å². The van der Waals surface area contributed by atoms with E-state index < -0.39 is 6.17 Å². The molecule has 2 unspecified atom stereocenters. The Morgan fingerprint density at radius 2 is 1.93 bits per heavy atom. The highest BCUT2D eigenvalue weighted by atomic mass is 19.1. The molecule has 1 aromatic rings. The molecule has 2 atom stereocenters. The molecule has 0 saturated heterocycles. The second-order valence-corrected chi connectivity index (χ2v) is 3.84. The van der Waals surface area contributed by atoms with Gasteiger partial charge in [0.15, 0.2) is 0 Å². The maximum atomic E-state index is 13.4. The van der Waals surface area contributed by atoms with Crippen LogP contribution in [0.4, 0.5) is 4.39 Å². The zero-order valence-electron chi connectivity index (χ0n) is 7.95. The molecule has 0 amide bonds. The molecular formula is C12H13FO. The lowest BCUT2D eigenvalue weighted by Gasteiger charge is -2.12. The van der Waals surface area contributed by atoms with Crippen LogP contribution in [0, 0.1) is 0 Å². The minimum absolute atomic E-state index is 0.0516. The van der Waals surface area contributed by atoms with Gasteiger partial charge < -0.3 is 0 Å². The van der Waals surface area contributed by atoms with Crippen LogP contribution in [0.2, 0.25) is 0 Å². The van der Waals surface area contributed by atoms with E-state index in [1.54, 1.807) is 12.1 Å². The van der Waals surface area contributed by atoms with Crippen LogP contribution in [-0.4, -0.2) is 12.5 Å². The molecule has 0 radical (unpaired) electrons. The Bertz CT molecular complexity index is 318. The third-order valence-corrected chi connectivity index (χ3v) is 2.93. The fourth-order valence-electron chi connectivity index (χ4n) is 2.11. The van der Waals surface area contributed by atoms with E-state index in [4.69, 9.17) is 0 Å². The molecule has 1 aliphatic rings. The number of alkyl halides is 1. The van der Waals surface area contributed by atoms with Crippen molar-refractivity contribution in [2.75, 3.05) is 0 Å². The Morgan fingerprint density at radius 3 is 2.43 bits per heavy atom. The number of halogens is 1. The zero-order valence-corrected chi connectivity index (χ0v) is 7.95. The van der Waals surface area contributed by atoms with E-state index in [1.165, 1.54) is 0 Å². The first-order chi connectivity index (χ1) is 6.81. The molecular weight excluding hydrogens is 179 g/mol. The number of hydrogen-bond donors (Lipinski definition) is 0. The molecule has 0 aromatic heterocycles. The van der Waals surface area contributed by atoms with Crippen LogP contribution >= 0.6 is 0 Å². The van der Waals surface area contributed by atoms with Gasteiger partial charge in [0.05, 0.1) is 0 Å². The van der Waals surface area contributed by atoms with Crippen molar-refractivity contribution in [3.05, 3.63) is 35.4 Å². The fourth-order valence-corrected chi connectivity index (χ4v) is 2.11. The van der Waals surface area contributed by atoms with Crippen molar-refractivity contribution < 1.29 is 9.18 Å². The van der Waals surface area contributed by atoms with Gasteiger partial charge >= 0.3 is 0 Å². The molecule has 0 bridgehead atoms. The number of hydrogen-bond acceptors (Lipinski definition) is 1. The average Bonchev–Trinajstić information content (AvgIpc) is 2.65. The third kappa shape index (κ3) is 1.69. The number of benzene rings is 1. The molecule has 1 fully saturated rings. The molecule has 1 aromatic carbocycles. The van der Waals surface area contributed by atoms with Gasteiger partial charge in [0.25, 0.3) is 0 Å². The Balaban J connectivity index is 2.19. The highest BCUT2D eigenvalue weighted by Crippen LogP contribution is 2.36. The first-order valence-electron chi connectivity index (χ1n) is 5.00. The summed E-state index contributed by atoms with van der Waals surface area (Å²) in [5.41, 5.74) is 1.68. The molecule has 74 valence electrons. The molecule has 2 heteroatoms. The van der Waals surface area contributed by atoms with Gasteiger partial charge in [-0.2, -0.15) is 0 Å². The van der Waals surface area contributed by atoms with Crippen LogP contribution in [0.5, 0.6) is 0 Å². The second kappa shape index (κ2) is 3.91. The number of rotatable bonds is 2. The minimum atomic E-state index is -0.697. The summed E-state index contributed by atoms with van der Waals surface area (Å²) in [6.45, 7) is 0. The van der Waals surface area contributed by atoms with Gasteiger partial charge in [-0.1, -0.05) is 24.3 Å². The summed E-state index contributed by atoms with van der Waals surface area (Å²) in [6, 6.07) is 7.25. The summed E-state index contributed by atoms with van der Waals surface area (Å²) in [4.78, 5) is 10.4. The van der Waals surface area contributed by atoms with Gasteiger partial charge in [0.2, 0.25) is 0 Å². The van der Waals surface area contributed by atoms with Crippen molar-refractivity contribution in [3.63, 3.8) is 0 Å². The quantitative estimate of drug-likeness (QED) is 0.658. The van der Waals surface area contributed by atoms with Crippen molar-refractivity contribution in [2.45, 2.75) is 31.4 Å². The normalized spacial score (nSPS) is 26.4. The number of carbonyl (C=O) groups excluding carboxylic acids is 1. The Hall–Kier alpha value is -1.18. The Morgan fingerprint density at radius 1 is 1.21 bits per heavy atom. The van der Waals surface area contributed by atoms with Crippen molar-refractivity contribution in [1.82, 2.24) is 0 Å². The van der Waals surface area contributed by atoms with E-state index in [2.05, 4.69) is 0 Å². The van der Waals surface area contributed by atoms with Crippen LogP contribution in [0.3, 0.4) is 0 Å². The lowest BCUT2D eigenvalue weighted by molar-refractivity contribution is 0.112. The summed E-state index contributed by atoms with van der Waals surface area (Å²) in [5.74, 6) is 0.0516. The summed E-state index contributed by atoms with van der Waals surface area (Å²) in [7, 11) is 0. The van der Waals surface area contributed by atoms with Crippen LogP contribution in [0.15, 0.2) is 24.3 Å². The third-order valence-electron chi connectivity index (χ3n) is 2.93. The Kier molecular flexibility index (Phi) is 2.62. The van der Waals surface area contributed by atoms with Crippen LogP contribution in [-0.2, 0) is 0 Å². The minimum Gasteiger partial charge on any atom is -0.298 e. The molecule has 14 heavy (non-hydrogen) atoms. The van der Waals surface area contributed by atoms with Crippen LogP contribution in [0.1, 0.15) is 41.1 Å². The number of aldehydes is 1. The highest BCUT2D eigenvalue weighted by Gasteiger charge is 2.27. The maximum absolute atomic E-state index is 13.4. The molecule has 0 aliphatic heterocycles. The van der Waals surface area contributed by atoms with E-state index in [-0.39, 0.29) is 5.92 Å². The molecule has 1 aliphatic carbocycles. The summed E-state index contributed by atoms with van der Waals surface area (Å²) >= 11 is 0. The molecule has 1 saturated carbocycles. The van der Waals surface area contributed by atoms with E-state index in [0.717, 1.165) is 24.7 Å². The van der Waals surface area contributed by atoms with Crippen molar-refractivity contribution >= 4 is 6.29 Å². The predicted octanol–water partition coefficient (Wildman–Crippen LogP) is 3.10. The van der Waals surface area contributed by atoms with Gasteiger partial charge in [0.1, 0.15) is 12.5 Å². The summed E-state index contributed by atoms with van der Waals surface area (Å²) in [5, 5.41) is 0. The predicted molar refractivity (Wildman–Crippen MR) is 53.3 cm³/mol. The standard InChI is InChI=1S/C12H13FO/c13-12-3-1-2-11(12)10-6-4-9(8-14)5-7-10/h4-8,11-12H,1-3H2. The first-order valence-corrected chi connectivity index (χ1v) is 5.00. The van der Waals surface area contributed by atoms with E-state index in [9.17, 15) is 9.18 Å². The summed E-state index contributed by atoms with van der Waals surface area (Å²) < 4.78 is 13.4. The van der Waals surface area contributed by atoms with E-state index >= 15 is 0 Å². The smallest absolute Gasteiger partial charge is 0.150 e. The molecule has 0 N–H and O–H groups in total. The van der Waals surface area contributed by atoms with Crippen LogP contribution < -0.4 is 0 Å². The monoisotopic (exact) mass is 192 g/mol. The molecule has 0 spiro atoms. The van der Waals surface area contributed by atoms with Crippen molar-refractivity contribution in [3.8, 4) is 0 Å². The zero-order chi connectivity index (χ0) is 9.97. The van der Waals surface area contributed by atoms with Gasteiger partial charge in [-0.15, -0.1) is 0 Å². The largest absolute Gasteiger partial charge is 0.298 e. The lowest BCUT2D eigenvalue weighted by atomic mass is 9.96. The molecule has 0 heterocycles. The second-order valence-electron chi connectivity index (χ2n) is 3.84. The maximum Gasteiger partial charge on any atom is 0.150 e. The van der Waals surface area contributed by atoms with Gasteiger partial charge in [-0.05, 0) is 24.8 Å². The SMILES string of the molecule is O=Cc1ccc(C2CCCC2F)cc1. The first kappa shape index (κ1) is 9.38. The average molecular weight is 192 g/mol. The topological polar surface area (TPSA) is 17.1 Å². The lowest BCUT2D eigenvalue weighted by Crippen LogP contribution is -2.05. The van der Waals surface area contributed by atoms with Crippen LogP contribution in [0.25, 0.3) is 0 Å². The molecule has 2 rings (SSSR count). The molecule has 1 nitrogen and oxygen atoms in total. The van der Waals surface area contributed by atoms with Gasteiger partial charge in [-0.25, -0.2) is 4.39 Å². The highest BCUT2D eigenvalue weighted by molar-refractivity contribution is 5.74. The fraction of sp³-hybridized carbons (Fsp3) is 0.417. The van der Waals surface area contributed by atoms with Gasteiger partial charge in [0, 0.05) is 11.5 Å². The van der Waals surface area contributed by atoms with E-state index in [0.29, 0.717) is 12.0 Å². The van der Waals surface area contributed by atoms with Crippen molar-refractivity contribution in [1.29, 1.82) is 0 Å². The summed E-state index contributed by atoms with van der Waals surface area (Å²) in [6.07, 6.45) is 2.70. The Labute approximate surface area is 82.9 Å².